The van der Waals surface area contributed by atoms with Gasteiger partial charge in [-0.1, -0.05) is 12.2 Å². The maximum Gasteiger partial charge on any atom is 0.232 e. The fraction of sp³-hybridized carbons (Fsp3) is 0.786. The number of likely N-dealkylation sites (tertiary alicyclic amines) is 1. The van der Waals surface area contributed by atoms with Crippen LogP contribution in [0.3, 0.4) is 0 Å². The maximum absolute atomic E-state index is 12.6. The van der Waals surface area contributed by atoms with E-state index in [2.05, 4.69) is 6.58 Å². The lowest BCUT2D eigenvalue weighted by Crippen LogP contribution is -2.51. The summed E-state index contributed by atoms with van der Waals surface area (Å²) in [5.74, 6) is -0.0383. The van der Waals surface area contributed by atoms with Crippen molar-refractivity contribution < 1.29 is 13.2 Å². The highest BCUT2D eigenvalue weighted by Gasteiger charge is 2.38. The van der Waals surface area contributed by atoms with E-state index in [0.29, 0.717) is 13.0 Å². The van der Waals surface area contributed by atoms with Gasteiger partial charge < -0.3 is 4.90 Å². The number of carbonyl (C=O) groups excluding carboxylic acids is 1. The molecule has 1 heterocycles. The van der Waals surface area contributed by atoms with Crippen molar-refractivity contribution in [2.45, 2.75) is 38.9 Å². The van der Waals surface area contributed by atoms with Gasteiger partial charge in [0, 0.05) is 27.2 Å². The molecule has 0 aromatic rings. The predicted octanol–water partition coefficient (Wildman–Crippen LogP) is 1.47. The summed E-state index contributed by atoms with van der Waals surface area (Å²) in [6.45, 7) is 10.3. The fourth-order valence-electron chi connectivity index (χ4n) is 2.24. The van der Waals surface area contributed by atoms with Crippen molar-refractivity contribution in [2.75, 3.05) is 27.2 Å². The molecule has 1 atom stereocenters. The lowest BCUT2D eigenvalue weighted by atomic mass is 9.84. The van der Waals surface area contributed by atoms with Crippen molar-refractivity contribution in [3.8, 4) is 0 Å². The Morgan fingerprint density at radius 2 is 1.90 bits per heavy atom. The van der Waals surface area contributed by atoms with Crippen LogP contribution in [0.2, 0.25) is 0 Å². The van der Waals surface area contributed by atoms with Crippen molar-refractivity contribution in [1.82, 2.24) is 9.21 Å². The van der Waals surface area contributed by atoms with Crippen LogP contribution in [0, 0.1) is 5.41 Å². The number of hydrogen-bond donors (Lipinski definition) is 0. The summed E-state index contributed by atoms with van der Waals surface area (Å²) in [6.07, 6.45) is 1.33. The molecule has 0 aliphatic carbocycles. The Hall–Kier alpha value is -0.880. The van der Waals surface area contributed by atoms with Crippen molar-refractivity contribution >= 4 is 15.9 Å². The summed E-state index contributed by atoms with van der Waals surface area (Å²) in [6, 6.07) is 0. The number of hydrogen-bond acceptors (Lipinski definition) is 3. The molecule has 0 aromatic carbocycles. The number of amides is 1. The molecule has 1 aliphatic rings. The van der Waals surface area contributed by atoms with Gasteiger partial charge in [0.15, 0.2) is 0 Å². The van der Waals surface area contributed by atoms with Gasteiger partial charge in [-0.15, -0.1) is 0 Å². The predicted molar refractivity (Wildman–Crippen MR) is 80.8 cm³/mol. The summed E-state index contributed by atoms with van der Waals surface area (Å²) in [7, 11) is -0.244. The Labute approximate surface area is 122 Å². The minimum atomic E-state index is -3.32. The van der Waals surface area contributed by atoms with Crippen LogP contribution in [0.15, 0.2) is 12.2 Å². The Kier molecular flexibility index (Phi) is 5.03. The number of carbonyl (C=O) groups is 1. The second-order valence-corrected chi connectivity index (χ2v) is 8.67. The topological polar surface area (TPSA) is 57.7 Å². The summed E-state index contributed by atoms with van der Waals surface area (Å²) < 4.78 is 25.7. The first-order valence-corrected chi connectivity index (χ1v) is 8.38. The Morgan fingerprint density at radius 3 is 2.35 bits per heavy atom. The van der Waals surface area contributed by atoms with E-state index in [4.69, 9.17) is 0 Å². The van der Waals surface area contributed by atoms with E-state index < -0.39 is 20.7 Å². The number of nitrogens with zero attached hydrogens (tertiary/aromatic N) is 2. The van der Waals surface area contributed by atoms with Crippen LogP contribution >= 0.6 is 0 Å². The molecule has 6 heteroatoms. The third-order valence-corrected chi connectivity index (χ3v) is 6.44. The Morgan fingerprint density at radius 1 is 1.35 bits per heavy atom. The van der Waals surface area contributed by atoms with E-state index in [1.807, 2.05) is 20.8 Å². The highest BCUT2D eigenvalue weighted by atomic mass is 32.2. The fourth-order valence-corrected chi connectivity index (χ4v) is 3.67. The first kappa shape index (κ1) is 17.2. The average Bonchev–Trinajstić information content (AvgIpc) is 2.37. The molecule has 20 heavy (non-hydrogen) atoms. The molecule has 0 radical (unpaired) electrons. The van der Waals surface area contributed by atoms with Crippen LogP contribution in [0.1, 0.15) is 33.6 Å². The molecule has 0 spiro atoms. The molecule has 0 unspecified atom stereocenters. The van der Waals surface area contributed by atoms with Crippen LogP contribution in [0.4, 0.5) is 0 Å². The molecule has 1 aliphatic heterocycles. The summed E-state index contributed by atoms with van der Waals surface area (Å²) in [4.78, 5) is 14.2. The molecule has 0 bridgehead atoms. The van der Waals surface area contributed by atoms with Gasteiger partial charge in [0.1, 0.15) is 0 Å². The quantitative estimate of drug-likeness (QED) is 0.739. The molecule has 116 valence electrons. The van der Waals surface area contributed by atoms with Crippen LogP contribution in [-0.2, 0) is 14.8 Å². The molecule has 0 N–H and O–H groups in total. The van der Waals surface area contributed by atoms with Gasteiger partial charge in [-0.2, -0.15) is 0 Å². The van der Waals surface area contributed by atoms with E-state index in [1.54, 1.807) is 4.90 Å². The monoisotopic (exact) mass is 302 g/mol. The van der Waals surface area contributed by atoms with E-state index in [-0.39, 0.29) is 12.5 Å². The van der Waals surface area contributed by atoms with E-state index in [0.717, 1.165) is 12.0 Å². The first-order chi connectivity index (χ1) is 9.01. The number of piperidine rings is 1. The lowest BCUT2D eigenvalue weighted by Gasteiger charge is -2.38. The minimum Gasteiger partial charge on any atom is -0.341 e. The van der Waals surface area contributed by atoms with Crippen molar-refractivity contribution in [3.05, 3.63) is 12.2 Å². The van der Waals surface area contributed by atoms with E-state index in [9.17, 15) is 13.2 Å². The van der Waals surface area contributed by atoms with Crippen LogP contribution in [0.5, 0.6) is 0 Å². The highest BCUT2D eigenvalue weighted by Crippen LogP contribution is 2.29. The summed E-state index contributed by atoms with van der Waals surface area (Å²) >= 11 is 0. The van der Waals surface area contributed by atoms with Crippen molar-refractivity contribution in [2.24, 2.45) is 5.41 Å². The Balaban J connectivity index is 2.91. The molecular weight excluding hydrogens is 276 g/mol. The smallest absolute Gasteiger partial charge is 0.232 e. The molecule has 0 saturated carbocycles. The van der Waals surface area contributed by atoms with Crippen molar-refractivity contribution in [3.63, 3.8) is 0 Å². The molecule has 1 amide bonds. The normalized spacial score (nSPS) is 21.1. The average molecular weight is 302 g/mol. The molecule has 1 rings (SSSR count). The van der Waals surface area contributed by atoms with Crippen LogP contribution in [0.25, 0.3) is 0 Å². The zero-order valence-electron chi connectivity index (χ0n) is 13.1. The number of rotatable bonds is 4. The van der Waals surface area contributed by atoms with Crippen molar-refractivity contribution in [1.29, 1.82) is 0 Å². The summed E-state index contributed by atoms with van der Waals surface area (Å²) in [5.41, 5.74) is 0.143. The summed E-state index contributed by atoms with van der Waals surface area (Å²) in [5, 5.41) is -0.504. The second-order valence-electron chi connectivity index (χ2n) is 6.25. The zero-order chi connectivity index (χ0) is 15.7. The molecule has 5 nitrogen and oxygen atoms in total. The van der Waals surface area contributed by atoms with Gasteiger partial charge in [0.25, 0.3) is 0 Å². The standard InChI is InChI=1S/C14H26N2O3S/c1-11(2)14(3,4)13(17)16-9-7-8-12(10-16)20(18,19)15(5)6/h12H,1,7-10H2,2-6H3/t12-/m1/s1. The Bertz CT molecular complexity index is 495. The third-order valence-electron chi connectivity index (χ3n) is 4.20. The van der Waals surface area contributed by atoms with Crippen LogP contribution < -0.4 is 0 Å². The minimum absolute atomic E-state index is 0.0383. The van der Waals surface area contributed by atoms with Gasteiger partial charge in [0.05, 0.1) is 10.7 Å². The zero-order valence-corrected chi connectivity index (χ0v) is 14.0. The third kappa shape index (κ3) is 3.23. The molecule has 1 fully saturated rings. The van der Waals surface area contributed by atoms with Gasteiger partial charge in [-0.05, 0) is 33.6 Å². The largest absolute Gasteiger partial charge is 0.341 e. The number of sulfonamides is 1. The highest BCUT2D eigenvalue weighted by molar-refractivity contribution is 7.89. The van der Waals surface area contributed by atoms with Gasteiger partial charge in [-0.3, -0.25) is 4.79 Å². The molecule has 1 saturated heterocycles. The SMILES string of the molecule is C=C(C)C(C)(C)C(=O)N1CCC[C@@H](S(=O)(=O)N(C)C)C1. The van der Waals surface area contributed by atoms with E-state index in [1.165, 1.54) is 18.4 Å². The van der Waals surface area contributed by atoms with Gasteiger partial charge in [0.2, 0.25) is 15.9 Å². The maximum atomic E-state index is 12.6. The molecular formula is C14H26N2O3S. The van der Waals surface area contributed by atoms with E-state index >= 15 is 0 Å². The van der Waals surface area contributed by atoms with Crippen LogP contribution in [-0.4, -0.2) is 56.0 Å². The lowest BCUT2D eigenvalue weighted by molar-refractivity contribution is -0.139. The second kappa shape index (κ2) is 5.85. The van der Waals surface area contributed by atoms with Gasteiger partial charge in [-0.25, -0.2) is 12.7 Å². The molecule has 0 aromatic heterocycles. The first-order valence-electron chi connectivity index (χ1n) is 6.88. The van der Waals surface area contributed by atoms with Gasteiger partial charge >= 0.3 is 0 Å².